The second kappa shape index (κ2) is 8.42. The van der Waals surface area contributed by atoms with Gasteiger partial charge in [-0.1, -0.05) is 5.16 Å². The van der Waals surface area contributed by atoms with Crippen LogP contribution in [-0.2, 0) is 22.4 Å². The molecular formula is C17H15BrF3N5O4. The Morgan fingerprint density at radius 3 is 2.53 bits per heavy atom. The van der Waals surface area contributed by atoms with Crippen LogP contribution in [-0.4, -0.2) is 26.5 Å². The molecule has 0 spiro atoms. The SMILES string of the molecule is N/C(=N\OC(=O)CCn1nc(C(F)(F)F)c(Br)c1C1CC1)c1ccc([N+](=O)[O-])cc1. The predicted octanol–water partition coefficient (Wildman–Crippen LogP) is 3.70. The van der Waals surface area contributed by atoms with Gasteiger partial charge in [0.1, 0.15) is 0 Å². The molecule has 0 saturated heterocycles. The largest absolute Gasteiger partial charge is 0.436 e. The van der Waals surface area contributed by atoms with E-state index in [-0.39, 0.29) is 34.9 Å². The van der Waals surface area contributed by atoms with Gasteiger partial charge < -0.3 is 10.6 Å². The van der Waals surface area contributed by atoms with Crippen LogP contribution in [0.2, 0.25) is 0 Å². The number of benzene rings is 1. The fourth-order valence-electron chi connectivity index (χ4n) is 2.70. The summed E-state index contributed by atoms with van der Waals surface area (Å²) in [5.74, 6) is -1.03. The van der Waals surface area contributed by atoms with Gasteiger partial charge in [-0.2, -0.15) is 18.3 Å². The number of nitrogens with two attached hydrogens (primary N) is 1. The lowest BCUT2D eigenvalue weighted by Gasteiger charge is -2.06. The highest BCUT2D eigenvalue weighted by atomic mass is 79.9. The van der Waals surface area contributed by atoms with Crippen molar-refractivity contribution in [3.05, 3.63) is 55.8 Å². The van der Waals surface area contributed by atoms with Crippen molar-refractivity contribution >= 4 is 33.4 Å². The van der Waals surface area contributed by atoms with Crippen LogP contribution in [0.1, 0.15) is 42.1 Å². The Kier molecular flexibility index (Phi) is 6.10. The van der Waals surface area contributed by atoms with Crippen LogP contribution < -0.4 is 5.73 Å². The van der Waals surface area contributed by atoms with Gasteiger partial charge in [0, 0.05) is 23.6 Å². The number of carbonyl (C=O) groups is 1. The van der Waals surface area contributed by atoms with E-state index in [9.17, 15) is 28.1 Å². The quantitative estimate of drug-likeness (QED) is 0.207. The second-order valence-corrected chi connectivity index (χ2v) is 7.33. The minimum absolute atomic E-state index is 0.0326. The number of alkyl halides is 3. The molecule has 0 bridgehead atoms. The number of oxime groups is 1. The van der Waals surface area contributed by atoms with Crippen LogP contribution in [0.4, 0.5) is 18.9 Å². The molecule has 1 aliphatic rings. The maximum absolute atomic E-state index is 13.1. The zero-order valence-corrected chi connectivity index (χ0v) is 16.8. The average molecular weight is 490 g/mol. The van der Waals surface area contributed by atoms with E-state index < -0.39 is 22.8 Å². The molecule has 0 amide bonds. The van der Waals surface area contributed by atoms with Crippen LogP contribution in [0, 0.1) is 10.1 Å². The molecule has 2 aromatic rings. The maximum Gasteiger partial charge on any atom is 0.436 e. The fourth-order valence-corrected chi connectivity index (χ4v) is 3.53. The highest BCUT2D eigenvalue weighted by molar-refractivity contribution is 9.10. The Labute approximate surface area is 175 Å². The number of non-ortho nitro benzene ring substituents is 1. The van der Waals surface area contributed by atoms with E-state index in [4.69, 9.17) is 10.6 Å². The third-order valence-corrected chi connectivity index (χ3v) is 5.09. The van der Waals surface area contributed by atoms with E-state index in [0.717, 1.165) is 17.5 Å². The number of carbonyl (C=O) groups excluding carboxylic acids is 1. The Morgan fingerprint density at radius 1 is 1.37 bits per heavy atom. The highest BCUT2D eigenvalue weighted by Gasteiger charge is 2.41. The molecule has 0 aliphatic heterocycles. The predicted molar refractivity (Wildman–Crippen MR) is 101 cm³/mol. The number of nitro benzene ring substituents is 1. The zero-order chi connectivity index (χ0) is 22.1. The van der Waals surface area contributed by atoms with Crippen molar-refractivity contribution < 1.29 is 27.7 Å². The second-order valence-electron chi connectivity index (χ2n) is 6.54. The number of hydrogen-bond acceptors (Lipinski definition) is 6. The third kappa shape index (κ3) is 4.96. The van der Waals surface area contributed by atoms with E-state index >= 15 is 0 Å². The summed E-state index contributed by atoms with van der Waals surface area (Å²) in [6.45, 7) is -0.119. The molecule has 30 heavy (non-hydrogen) atoms. The first-order valence-corrected chi connectivity index (χ1v) is 9.48. The summed E-state index contributed by atoms with van der Waals surface area (Å²) in [4.78, 5) is 26.7. The maximum atomic E-state index is 13.1. The Balaban J connectivity index is 1.63. The van der Waals surface area contributed by atoms with Crippen LogP contribution in [0.15, 0.2) is 33.9 Å². The van der Waals surface area contributed by atoms with Crippen molar-refractivity contribution in [2.45, 2.75) is 37.9 Å². The highest BCUT2D eigenvalue weighted by Crippen LogP contribution is 2.47. The first-order valence-electron chi connectivity index (χ1n) is 8.69. The van der Waals surface area contributed by atoms with E-state index in [2.05, 4.69) is 26.2 Å². The third-order valence-electron chi connectivity index (χ3n) is 4.31. The van der Waals surface area contributed by atoms with Gasteiger partial charge in [0.05, 0.1) is 28.1 Å². The number of amidine groups is 1. The molecule has 9 nitrogen and oxygen atoms in total. The van der Waals surface area contributed by atoms with E-state index in [1.807, 2.05) is 0 Å². The first kappa shape index (κ1) is 21.7. The molecule has 0 radical (unpaired) electrons. The summed E-state index contributed by atoms with van der Waals surface area (Å²) in [5, 5.41) is 17.7. The van der Waals surface area contributed by atoms with Gasteiger partial charge in [0.2, 0.25) is 0 Å². The van der Waals surface area contributed by atoms with Gasteiger partial charge in [-0.15, -0.1) is 0 Å². The van der Waals surface area contributed by atoms with Crippen LogP contribution in [0.5, 0.6) is 0 Å². The zero-order valence-electron chi connectivity index (χ0n) is 15.2. The smallest absolute Gasteiger partial charge is 0.380 e. The number of halogens is 4. The number of aromatic nitrogens is 2. The van der Waals surface area contributed by atoms with Gasteiger partial charge in [-0.05, 0) is 40.9 Å². The standard InChI is InChI=1S/C17H15BrF3N5O4/c18-13-14(9-1-2-9)25(23-15(13)17(19,20)21)8-7-12(27)30-24-16(22)10-3-5-11(6-4-10)26(28)29/h3-6,9H,1-2,7-8H2,(H2,22,24). The fraction of sp³-hybridized carbons (Fsp3) is 0.353. The van der Waals surface area contributed by atoms with E-state index in [1.165, 1.54) is 24.3 Å². The Bertz CT molecular complexity index is 1000. The number of nitro groups is 1. The van der Waals surface area contributed by atoms with Gasteiger partial charge in [-0.3, -0.25) is 14.8 Å². The molecule has 1 aromatic heterocycles. The van der Waals surface area contributed by atoms with Gasteiger partial charge in [0.15, 0.2) is 11.5 Å². The van der Waals surface area contributed by atoms with Crippen molar-refractivity contribution in [2.24, 2.45) is 10.9 Å². The molecule has 1 fully saturated rings. The van der Waals surface area contributed by atoms with Crippen molar-refractivity contribution in [1.82, 2.24) is 9.78 Å². The van der Waals surface area contributed by atoms with Gasteiger partial charge in [-0.25, -0.2) is 4.79 Å². The molecule has 1 saturated carbocycles. The Hall–Kier alpha value is -2.96. The van der Waals surface area contributed by atoms with Crippen molar-refractivity contribution in [3.8, 4) is 0 Å². The minimum Gasteiger partial charge on any atom is -0.380 e. The number of hydrogen-bond donors (Lipinski definition) is 1. The monoisotopic (exact) mass is 489 g/mol. The van der Waals surface area contributed by atoms with Crippen LogP contribution in [0.3, 0.4) is 0 Å². The van der Waals surface area contributed by atoms with Crippen molar-refractivity contribution in [1.29, 1.82) is 0 Å². The molecule has 1 heterocycles. The number of aryl methyl sites for hydroxylation is 1. The first-order chi connectivity index (χ1) is 14.1. The number of nitrogens with zero attached hydrogens (tertiary/aromatic N) is 4. The summed E-state index contributed by atoms with van der Waals surface area (Å²) in [5.41, 5.74) is 5.21. The summed E-state index contributed by atoms with van der Waals surface area (Å²) >= 11 is 2.98. The molecule has 0 atom stereocenters. The van der Waals surface area contributed by atoms with E-state index in [0.29, 0.717) is 11.3 Å². The van der Waals surface area contributed by atoms with E-state index in [1.54, 1.807) is 0 Å². The van der Waals surface area contributed by atoms with Crippen molar-refractivity contribution in [2.75, 3.05) is 0 Å². The number of rotatable bonds is 7. The molecule has 13 heteroatoms. The molecule has 0 unspecified atom stereocenters. The van der Waals surface area contributed by atoms with Gasteiger partial charge >= 0.3 is 12.1 Å². The minimum atomic E-state index is -4.61. The summed E-state index contributed by atoms with van der Waals surface area (Å²) in [7, 11) is 0. The average Bonchev–Trinajstić information content (AvgIpc) is 3.46. The van der Waals surface area contributed by atoms with Crippen LogP contribution in [0.25, 0.3) is 0 Å². The van der Waals surface area contributed by atoms with Crippen molar-refractivity contribution in [3.63, 3.8) is 0 Å². The molecule has 2 N–H and O–H groups in total. The Morgan fingerprint density at radius 2 is 2.00 bits per heavy atom. The van der Waals surface area contributed by atoms with Crippen LogP contribution >= 0.6 is 15.9 Å². The molecular weight excluding hydrogens is 475 g/mol. The summed E-state index contributed by atoms with van der Waals surface area (Å²) in [6, 6.07) is 5.11. The summed E-state index contributed by atoms with van der Waals surface area (Å²) in [6.07, 6.45) is -3.38. The summed E-state index contributed by atoms with van der Waals surface area (Å²) < 4.78 is 40.4. The lowest BCUT2D eigenvalue weighted by molar-refractivity contribution is -0.384. The lowest BCUT2D eigenvalue weighted by Crippen LogP contribution is -2.16. The normalized spacial score (nSPS) is 14.6. The molecule has 160 valence electrons. The molecule has 1 aliphatic carbocycles. The molecule has 1 aromatic carbocycles. The topological polar surface area (TPSA) is 126 Å². The van der Waals surface area contributed by atoms with Gasteiger partial charge in [0.25, 0.3) is 5.69 Å². The molecule has 3 rings (SSSR count). The lowest BCUT2D eigenvalue weighted by atomic mass is 10.2.